The standard InChI is InChI=1S/C15H21NO4S/c1-20-15(17)12-13-6-8-14(9-7-13)21(18,19)16-10-4-2-3-5-11-16/h6-9H,2-5,10-12H2,1H3. The molecular weight excluding hydrogens is 290 g/mol. The molecule has 0 atom stereocenters. The highest BCUT2D eigenvalue weighted by Gasteiger charge is 2.24. The largest absolute Gasteiger partial charge is 0.469 e. The lowest BCUT2D eigenvalue weighted by Crippen LogP contribution is -2.31. The normalized spacial score (nSPS) is 17.2. The summed E-state index contributed by atoms with van der Waals surface area (Å²) in [5.41, 5.74) is 0.747. The van der Waals surface area contributed by atoms with Gasteiger partial charge in [-0.3, -0.25) is 4.79 Å². The van der Waals surface area contributed by atoms with Gasteiger partial charge in [0.1, 0.15) is 0 Å². The molecule has 1 aromatic carbocycles. The summed E-state index contributed by atoms with van der Waals surface area (Å²) >= 11 is 0. The molecule has 0 radical (unpaired) electrons. The lowest BCUT2D eigenvalue weighted by molar-refractivity contribution is -0.139. The number of sulfonamides is 1. The van der Waals surface area contributed by atoms with Crippen LogP contribution in [0.5, 0.6) is 0 Å². The van der Waals surface area contributed by atoms with Crippen molar-refractivity contribution in [2.24, 2.45) is 0 Å². The second-order valence-corrected chi connectivity index (χ2v) is 7.15. The Morgan fingerprint density at radius 2 is 1.67 bits per heavy atom. The molecule has 1 aliphatic rings. The third kappa shape index (κ3) is 4.04. The fourth-order valence-corrected chi connectivity index (χ4v) is 3.97. The molecule has 0 unspecified atom stereocenters. The summed E-state index contributed by atoms with van der Waals surface area (Å²) in [4.78, 5) is 11.5. The van der Waals surface area contributed by atoms with Gasteiger partial charge in [0.2, 0.25) is 10.0 Å². The first-order valence-corrected chi connectivity index (χ1v) is 8.64. The smallest absolute Gasteiger partial charge is 0.309 e. The van der Waals surface area contributed by atoms with E-state index >= 15 is 0 Å². The third-order valence-corrected chi connectivity index (χ3v) is 5.62. The number of benzene rings is 1. The van der Waals surface area contributed by atoms with Crippen molar-refractivity contribution in [3.8, 4) is 0 Å². The van der Waals surface area contributed by atoms with Crippen molar-refractivity contribution in [3.05, 3.63) is 29.8 Å². The first-order chi connectivity index (χ1) is 10.0. The Kier molecular flexibility index (Phi) is 5.36. The van der Waals surface area contributed by atoms with E-state index in [1.807, 2.05) is 0 Å². The molecule has 1 fully saturated rings. The Bertz CT molecular complexity index is 572. The van der Waals surface area contributed by atoms with Crippen LogP contribution in [0.4, 0.5) is 0 Å². The SMILES string of the molecule is COC(=O)Cc1ccc(S(=O)(=O)N2CCCCCC2)cc1. The molecule has 0 bridgehead atoms. The van der Waals surface area contributed by atoms with Gasteiger partial charge in [-0.25, -0.2) is 8.42 Å². The summed E-state index contributed by atoms with van der Waals surface area (Å²) in [7, 11) is -2.09. The fourth-order valence-electron chi connectivity index (χ4n) is 2.45. The average Bonchev–Trinajstić information content (AvgIpc) is 2.77. The molecule has 1 saturated heterocycles. The number of carbonyl (C=O) groups is 1. The van der Waals surface area contributed by atoms with Crippen molar-refractivity contribution < 1.29 is 17.9 Å². The van der Waals surface area contributed by atoms with Crippen LogP contribution < -0.4 is 0 Å². The molecule has 0 amide bonds. The van der Waals surface area contributed by atoms with E-state index in [9.17, 15) is 13.2 Å². The molecule has 0 aliphatic carbocycles. The molecule has 1 aromatic rings. The average molecular weight is 311 g/mol. The van der Waals surface area contributed by atoms with Crippen LogP contribution in [0.15, 0.2) is 29.2 Å². The summed E-state index contributed by atoms with van der Waals surface area (Å²) in [6.45, 7) is 1.18. The number of rotatable bonds is 4. The summed E-state index contributed by atoms with van der Waals surface area (Å²) in [5.74, 6) is -0.335. The highest BCUT2D eigenvalue weighted by molar-refractivity contribution is 7.89. The van der Waals surface area contributed by atoms with Crippen molar-refractivity contribution in [2.45, 2.75) is 37.0 Å². The number of ether oxygens (including phenoxy) is 1. The maximum absolute atomic E-state index is 12.6. The molecule has 6 heteroatoms. The predicted octanol–water partition coefficient (Wildman–Crippen LogP) is 1.97. The van der Waals surface area contributed by atoms with E-state index in [4.69, 9.17) is 0 Å². The molecule has 0 saturated carbocycles. The topological polar surface area (TPSA) is 63.7 Å². The number of hydrogen-bond acceptors (Lipinski definition) is 4. The summed E-state index contributed by atoms with van der Waals surface area (Å²) < 4.78 is 31.3. The molecule has 0 spiro atoms. The number of carbonyl (C=O) groups excluding carboxylic acids is 1. The molecule has 21 heavy (non-hydrogen) atoms. The van der Waals surface area contributed by atoms with E-state index in [-0.39, 0.29) is 17.3 Å². The van der Waals surface area contributed by atoms with Crippen molar-refractivity contribution in [1.29, 1.82) is 0 Å². The van der Waals surface area contributed by atoms with E-state index in [1.165, 1.54) is 7.11 Å². The highest BCUT2D eigenvalue weighted by atomic mass is 32.2. The van der Waals surface area contributed by atoms with Crippen LogP contribution in [0.3, 0.4) is 0 Å². The van der Waals surface area contributed by atoms with Crippen LogP contribution >= 0.6 is 0 Å². The summed E-state index contributed by atoms with van der Waals surface area (Å²) in [6, 6.07) is 6.47. The van der Waals surface area contributed by atoms with E-state index < -0.39 is 10.0 Å². The monoisotopic (exact) mass is 311 g/mol. The lowest BCUT2D eigenvalue weighted by Gasteiger charge is -2.20. The Morgan fingerprint density at radius 3 is 2.19 bits per heavy atom. The Labute approximate surface area is 126 Å². The van der Waals surface area contributed by atoms with E-state index in [0.717, 1.165) is 31.2 Å². The molecule has 5 nitrogen and oxygen atoms in total. The molecule has 1 aliphatic heterocycles. The Morgan fingerprint density at radius 1 is 1.10 bits per heavy atom. The van der Waals surface area contributed by atoms with Crippen LogP contribution in [0.2, 0.25) is 0 Å². The van der Waals surface area contributed by atoms with E-state index in [1.54, 1.807) is 28.6 Å². The van der Waals surface area contributed by atoms with Gasteiger partial charge in [-0.15, -0.1) is 0 Å². The number of hydrogen-bond donors (Lipinski definition) is 0. The first kappa shape index (κ1) is 16.0. The zero-order chi connectivity index (χ0) is 15.3. The van der Waals surface area contributed by atoms with Crippen molar-refractivity contribution in [3.63, 3.8) is 0 Å². The van der Waals surface area contributed by atoms with Gasteiger partial charge in [0, 0.05) is 13.1 Å². The quantitative estimate of drug-likeness (QED) is 0.798. The second kappa shape index (κ2) is 7.04. The van der Waals surface area contributed by atoms with Gasteiger partial charge in [0.25, 0.3) is 0 Å². The minimum Gasteiger partial charge on any atom is -0.469 e. The van der Waals surface area contributed by atoms with E-state index in [2.05, 4.69) is 4.74 Å². The van der Waals surface area contributed by atoms with Gasteiger partial charge >= 0.3 is 5.97 Å². The minimum absolute atomic E-state index is 0.153. The van der Waals surface area contributed by atoms with Gasteiger partial charge in [-0.1, -0.05) is 25.0 Å². The second-order valence-electron chi connectivity index (χ2n) is 5.22. The lowest BCUT2D eigenvalue weighted by atomic mass is 10.2. The number of methoxy groups -OCH3 is 1. The van der Waals surface area contributed by atoms with Gasteiger partial charge in [0.05, 0.1) is 18.4 Å². The van der Waals surface area contributed by atoms with Crippen molar-refractivity contribution in [1.82, 2.24) is 4.31 Å². The molecule has 0 N–H and O–H groups in total. The minimum atomic E-state index is -3.42. The zero-order valence-corrected chi connectivity index (χ0v) is 13.1. The van der Waals surface area contributed by atoms with Gasteiger partial charge < -0.3 is 4.74 Å². The van der Waals surface area contributed by atoms with E-state index in [0.29, 0.717) is 13.1 Å². The molecule has 116 valence electrons. The maximum atomic E-state index is 12.6. The van der Waals surface area contributed by atoms with Crippen molar-refractivity contribution in [2.75, 3.05) is 20.2 Å². The maximum Gasteiger partial charge on any atom is 0.309 e. The molecular formula is C15H21NO4S. The Balaban J connectivity index is 2.14. The third-order valence-electron chi connectivity index (χ3n) is 3.70. The van der Waals surface area contributed by atoms with Crippen LogP contribution in [0, 0.1) is 0 Å². The van der Waals surface area contributed by atoms with Crippen LogP contribution in [0.1, 0.15) is 31.2 Å². The number of esters is 1. The predicted molar refractivity (Wildman–Crippen MR) is 79.4 cm³/mol. The molecule has 2 rings (SSSR count). The van der Waals surface area contributed by atoms with Gasteiger partial charge in [-0.2, -0.15) is 4.31 Å². The summed E-state index contributed by atoms with van der Waals surface area (Å²) in [5, 5.41) is 0. The van der Waals surface area contributed by atoms with Gasteiger partial charge in [-0.05, 0) is 30.5 Å². The Hall–Kier alpha value is -1.40. The molecule has 1 heterocycles. The van der Waals surface area contributed by atoms with Crippen molar-refractivity contribution >= 4 is 16.0 Å². The van der Waals surface area contributed by atoms with Gasteiger partial charge in [0.15, 0.2) is 0 Å². The van der Waals surface area contributed by atoms with Crippen LogP contribution in [0.25, 0.3) is 0 Å². The van der Waals surface area contributed by atoms with Crippen LogP contribution in [-0.2, 0) is 26.0 Å². The van der Waals surface area contributed by atoms with Crippen LogP contribution in [-0.4, -0.2) is 38.9 Å². The zero-order valence-electron chi connectivity index (χ0n) is 12.2. The number of nitrogens with zero attached hydrogens (tertiary/aromatic N) is 1. The highest BCUT2D eigenvalue weighted by Crippen LogP contribution is 2.20. The molecule has 0 aromatic heterocycles. The first-order valence-electron chi connectivity index (χ1n) is 7.20. The summed E-state index contributed by atoms with van der Waals surface area (Å²) in [6.07, 6.45) is 4.16. The fraction of sp³-hybridized carbons (Fsp3) is 0.533.